The smallest absolute Gasteiger partial charge is 0.255 e. The first-order valence-electron chi connectivity index (χ1n) is 6.91. The van der Waals surface area contributed by atoms with Gasteiger partial charge in [-0.15, -0.1) is 0 Å². The van der Waals surface area contributed by atoms with Gasteiger partial charge in [-0.1, -0.05) is 22.0 Å². The lowest BCUT2D eigenvalue weighted by Crippen LogP contribution is -2.26. The number of hydrogen-bond acceptors (Lipinski definition) is 2. The second-order valence-corrected chi connectivity index (χ2v) is 6.72. The molecule has 0 spiro atoms. The van der Waals surface area contributed by atoms with Crippen LogP contribution in [0.5, 0.6) is 0 Å². The zero-order valence-corrected chi connectivity index (χ0v) is 13.8. The summed E-state index contributed by atoms with van der Waals surface area (Å²) < 4.78 is 0.952. The molecule has 1 aliphatic heterocycles. The zero-order valence-electron chi connectivity index (χ0n) is 12.2. The molecule has 0 aliphatic carbocycles. The van der Waals surface area contributed by atoms with E-state index in [0.29, 0.717) is 11.3 Å². The lowest BCUT2D eigenvalue weighted by Gasteiger charge is -2.15. The van der Waals surface area contributed by atoms with Crippen LogP contribution in [-0.2, 0) is 10.2 Å². The van der Waals surface area contributed by atoms with E-state index in [1.165, 1.54) is 0 Å². The van der Waals surface area contributed by atoms with E-state index in [0.717, 1.165) is 15.7 Å². The standard InChI is InChI=1S/C17H15BrN2O2/c1-17(2)13-8-3-10(9-14(13)20-16(17)22)15(21)19-12-6-4-11(18)5-7-12/h3-9H,1-2H3,(H,19,21)(H,20,22). The summed E-state index contributed by atoms with van der Waals surface area (Å²) in [6.45, 7) is 3.74. The Morgan fingerprint density at radius 1 is 1.14 bits per heavy atom. The van der Waals surface area contributed by atoms with Crippen molar-refractivity contribution in [2.24, 2.45) is 0 Å². The number of carbonyl (C=O) groups is 2. The average molecular weight is 359 g/mol. The van der Waals surface area contributed by atoms with E-state index in [4.69, 9.17) is 0 Å². The Bertz CT molecular complexity index is 767. The summed E-state index contributed by atoms with van der Waals surface area (Å²) in [4.78, 5) is 24.2. The highest BCUT2D eigenvalue weighted by atomic mass is 79.9. The minimum Gasteiger partial charge on any atom is -0.325 e. The molecule has 5 heteroatoms. The van der Waals surface area contributed by atoms with Gasteiger partial charge in [-0.05, 0) is 55.8 Å². The van der Waals surface area contributed by atoms with E-state index in [9.17, 15) is 9.59 Å². The van der Waals surface area contributed by atoms with Crippen molar-refractivity contribution in [3.8, 4) is 0 Å². The number of halogens is 1. The zero-order chi connectivity index (χ0) is 15.9. The Morgan fingerprint density at radius 2 is 1.82 bits per heavy atom. The molecule has 1 aliphatic rings. The number of hydrogen-bond donors (Lipinski definition) is 2. The predicted molar refractivity (Wildman–Crippen MR) is 90.2 cm³/mol. The molecule has 112 valence electrons. The maximum absolute atomic E-state index is 12.3. The van der Waals surface area contributed by atoms with Gasteiger partial charge in [-0.3, -0.25) is 9.59 Å². The molecule has 4 nitrogen and oxygen atoms in total. The van der Waals surface area contributed by atoms with E-state index in [1.807, 2.05) is 44.2 Å². The van der Waals surface area contributed by atoms with Gasteiger partial charge >= 0.3 is 0 Å². The summed E-state index contributed by atoms with van der Waals surface area (Å²) in [7, 11) is 0. The third-order valence-corrected chi connectivity index (χ3v) is 4.40. The molecule has 0 aromatic heterocycles. The van der Waals surface area contributed by atoms with Crippen LogP contribution in [0.4, 0.5) is 11.4 Å². The van der Waals surface area contributed by atoms with Gasteiger partial charge in [0.2, 0.25) is 5.91 Å². The molecular formula is C17H15BrN2O2. The summed E-state index contributed by atoms with van der Waals surface area (Å²) in [6.07, 6.45) is 0. The van der Waals surface area contributed by atoms with Gasteiger partial charge in [0, 0.05) is 21.4 Å². The molecule has 2 N–H and O–H groups in total. The van der Waals surface area contributed by atoms with Gasteiger partial charge in [0.25, 0.3) is 5.91 Å². The van der Waals surface area contributed by atoms with E-state index in [2.05, 4.69) is 26.6 Å². The minimum atomic E-state index is -0.559. The van der Waals surface area contributed by atoms with Crippen molar-refractivity contribution >= 4 is 39.1 Å². The van der Waals surface area contributed by atoms with Crippen LogP contribution in [0.2, 0.25) is 0 Å². The number of carbonyl (C=O) groups excluding carboxylic acids is 2. The molecule has 3 rings (SSSR count). The number of rotatable bonds is 2. The van der Waals surface area contributed by atoms with E-state index in [-0.39, 0.29) is 11.8 Å². The van der Waals surface area contributed by atoms with E-state index >= 15 is 0 Å². The first kappa shape index (κ1) is 14.8. The summed E-state index contributed by atoms with van der Waals surface area (Å²) in [6, 6.07) is 12.7. The van der Waals surface area contributed by atoms with Crippen LogP contribution in [0.15, 0.2) is 46.9 Å². The van der Waals surface area contributed by atoms with Crippen molar-refractivity contribution in [3.05, 3.63) is 58.1 Å². The Balaban J connectivity index is 1.85. The van der Waals surface area contributed by atoms with Gasteiger partial charge in [-0.2, -0.15) is 0 Å². The summed E-state index contributed by atoms with van der Waals surface area (Å²) >= 11 is 3.35. The Kier molecular flexibility index (Phi) is 3.53. The number of nitrogens with one attached hydrogen (secondary N) is 2. The SMILES string of the molecule is CC1(C)C(=O)Nc2cc(C(=O)Nc3ccc(Br)cc3)ccc21. The molecule has 22 heavy (non-hydrogen) atoms. The molecule has 0 saturated carbocycles. The quantitative estimate of drug-likeness (QED) is 0.854. The minimum absolute atomic E-state index is 0.0482. The van der Waals surface area contributed by atoms with Crippen molar-refractivity contribution < 1.29 is 9.59 Å². The van der Waals surface area contributed by atoms with Crippen LogP contribution in [0, 0.1) is 0 Å². The summed E-state index contributed by atoms with van der Waals surface area (Å²) in [5.74, 6) is -0.253. The van der Waals surface area contributed by atoms with Gasteiger partial charge < -0.3 is 10.6 Å². The van der Waals surface area contributed by atoms with Crippen molar-refractivity contribution in [2.45, 2.75) is 19.3 Å². The Labute approximate surface area is 137 Å². The third-order valence-electron chi connectivity index (χ3n) is 3.87. The van der Waals surface area contributed by atoms with Gasteiger partial charge in [0.15, 0.2) is 0 Å². The largest absolute Gasteiger partial charge is 0.325 e. The molecular weight excluding hydrogens is 344 g/mol. The van der Waals surface area contributed by atoms with E-state index in [1.54, 1.807) is 12.1 Å². The first-order chi connectivity index (χ1) is 10.4. The van der Waals surface area contributed by atoms with Gasteiger partial charge in [0.1, 0.15) is 0 Å². The number of benzene rings is 2. The fraction of sp³-hybridized carbons (Fsp3) is 0.176. The normalized spacial score (nSPS) is 15.1. The van der Waals surface area contributed by atoms with Crippen LogP contribution >= 0.6 is 15.9 Å². The van der Waals surface area contributed by atoms with Crippen molar-refractivity contribution in [1.29, 1.82) is 0 Å². The van der Waals surface area contributed by atoms with Crippen molar-refractivity contribution in [1.82, 2.24) is 0 Å². The maximum atomic E-state index is 12.3. The highest BCUT2D eigenvalue weighted by Crippen LogP contribution is 2.37. The fourth-order valence-corrected chi connectivity index (χ4v) is 2.74. The number of amides is 2. The highest BCUT2D eigenvalue weighted by molar-refractivity contribution is 9.10. The summed E-state index contributed by atoms with van der Waals surface area (Å²) in [5, 5.41) is 5.67. The second-order valence-electron chi connectivity index (χ2n) is 5.80. The number of anilines is 2. The van der Waals surface area contributed by atoms with Crippen LogP contribution in [-0.4, -0.2) is 11.8 Å². The maximum Gasteiger partial charge on any atom is 0.255 e. The third kappa shape index (κ3) is 2.52. The van der Waals surface area contributed by atoms with Crippen LogP contribution < -0.4 is 10.6 Å². The molecule has 0 unspecified atom stereocenters. The topological polar surface area (TPSA) is 58.2 Å². The molecule has 0 saturated heterocycles. The molecule has 0 radical (unpaired) electrons. The molecule has 2 aromatic rings. The Morgan fingerprint density at radius 3 is 2.50 bits per heavy atom. The highest BCUT2D eigenvalue weighted by Gasteiger charge is 2.38. The van der Waals surface area contributed by atoms with Gasteiger partial charge in [-0.25, -0.2) is 0 Å². The molecule has 0 fully saturated rings. The lowest BCUT2D eigenvalue weighted by atomic mass is 9.86. The monoisotopic (exact) mass is 358 g/mol. The van der Waals surface area contributed by atoms with E-state index < -0.39 is 5.41 Å². The Hall–Kier alpha value is -2.14. The molecule has 0 atom stereocenters. The molecule has 1 heterocycles. The van der Waals surface area contributed by atoms with Gasteiger partial charge in [0.05, 0.1) is 5.41 Å². The average Bonchev–Trinajstić information content (AvgIpc) is 2.71. The predicted octanol–water partition coefficient (Wildman–Crippen LogP) is 3.93. The van der Waals surface area contributed by atoms with Crippen LogP contribution in [0.1, 0.15) is 29.8 Å². The fourth-order valence-electron chi connectivity index (χ4n) is 2.47. The molecule has 2 amide bonds. The first-order valence-corrected chi connectivity index (χ1v) is 7.70. The summed E-state index contributed by atoms with van der Waals surface area (Å²) in [5.41, 5.74) is 2.30. The van der Waals surface area contributed by atoms with Crippen molar-refractivity contribution in [3.63, 3.8) is 0 Å². The van der Waals surface area contributed by atoms with Crippen LogP contribution in [0.3, 0.4) is 0 Å². The van der Waals surface area contributed by atoms with Crippen molar-refractivity contribution in [2.75, 3.05) is 10.6 Å². The number of fused-ring (bicyclic) bond motifs is 1. The lowest BCUT2D eigenvalue weighted by molar-refractivity contribution is -0.119. The van der Waals surface area contributed by atoms with Crippen LogP contribution in [0.25, 0.3) is 0 Å². The second kappa shape index (κ2) is 5.25. The molecule has 0 bridgehead atoms. The molecule has 2 aromatic carbocycles.